The summed E-state index contributed by atoms with van der Waals surface area (Å²) in [5.41, 5.74) is 1.03. The fourth-order valence-electron chi connectivity index (χ4n) is 2.82. The Bertz CT molecular complexity index is 417. The zero-order chi connectivity index (χ0) is 13.2. The van der Waals surface area contributed by atoms with Gasteiger partial charge in [-0.25, -0.2) is 4.39 Å². The number of halogens is 1. The summed E-state index contributed by atoms with van der Waals surface area (Å²) < 4.78 is 13.1. The molecule has 18 heavy (non-hydrogen) atoms. The Morgan fingerprint density at radius 3 is 2.94 bits per heavy atom. The molecule has 2 rings (SSSR count). The molecule has 1 atom stereocenters. The predicted octanol–water partition coefficient (Wildman–Crippen LogP) is 3.59. The number of hydrogen-bond donors (Lipinski definition) is 2. The largest absolute Gasteiger partial charge is 0.508 e. The van der Waals surface area contributed by atoms with Crippen LogP contribution in [-0.2, 0) is 6.54 Å². The van der Waals surface area contributed by atoms with Crippen LogP contribution >= 0.6 is 0 Å². The van der Waals surface area contributed by atoms with Gasteiger partial charge in [0, 0.05) is 18.2 Å². The van der Waals surface area contributed by atoms with E-state index in [4.69, 9.17) is 0 Å². The molecule has 1 unspecified atom stereocenters. The summed E-state index contributed by atoms with van der Waals surface area (Å²) in [6.07, 6.45) is 4.82. The van der Waals surface area contributed by atoms with Gasteiger partial charge in [-0.2, -0.15) is 0 Å². The maximum atomic E-state index is 13.1. The van der Waals surface area contributed by atoms with Gasteiger partial charge >= 0.3 is 0 Å². The van der Waals surface area contributed by atoms with Crippen molar-refractivity contribution in [2.75, 3.05) is 0 Å². The summed E-state index contributed by atoms with van der Waals surface area (Å²) in [6.45, 7) is 5.12. The van der Waals surface area contributed by atoms with Gasteiger partial charge in [-0.1, -0.05) is 20.3 Å². The molecule has 1 fully saturated rings. The molecule has 0 radical (unpaired) electrons. The van der Waals surface area contributed by atoms with E-state index in [0.717, 1.165) is 6.42 Å². The van der Waals surface area contributed by atoms with Crippen LogP contribution in [0.3, 0.4) is 0 Å². The van der Waals surface area contributed by atoms with Gasteiger partial charge < -0.3 is 10.4 Å². The first-order chi connectivity index (χ1) is 8.46. The summed E-state index contributed by atoms with van der Waals surface area (Å²) in [5, 5.41) is 13.1. The molecule has 2 N–H and O–H groups in total. The van der Waals surface area contributed by atoms with E-state index < -0.39 is 0 Å². The van der Waals surface area contributed by atoms with Crippen molar-refractivity contribution in [1.29, 1.82) is 0 Å². The second kappa shape index (κ2) is 5.27. The van der Waals surface area contributed by atoms with E-state index in [9.17, 15) is 9.50 Å². The van der Waals surface area contributed by atoms with Gasteiger partial charge in [0.2, 0.25) is 0 Å². The minimum atomic E-state index is -0.298. The van der Waals surface area contributed by atoms with Crippen LogP contribution in [-0.4, -0.2) is 11.1 Å². The van der Waals surface area contributed by atoms with Crippen molar-refractivity contribution >= 4 is 0 Å². The van der Waals surface area contributed by atoms with Crippen LogP contribution < -0.4 is 5.32 Å². The third-order valence-corrected chi connectivity index (χ3v) is 3.83. The van der Waals surface area contributed by atoms with Crippen molar-refractivity contribution in [2.45, 2.75) is 52.1 Å². The van der Waals surface area contributed by atoms with Crippen LogP contribution in [0.25, 0.3) is 0 Å². The zero-order valence-corrected chi connectivity index (χ0v) is 11.2. The smallest absolute Gasteiger partial charge is 0.123 e. The fraction of sp³-hybridized carbons (Fsp3) is 0.600. The monoisotopic (exact) mass is 251 g/mol. The average molecular weight is 251 g/mol. The molecule has 1 saturated carbocycles. The molecule has 0 heterocycles. The summed E-state index contributed by atoms with van der Waals surface area (Å²) in [6, 6.07) is 4.56. The number of aromatic hydroxyl groups is 1. The Hall–Kier alpha value is -1.09. The van der Waals surface area contributed by atoms with E-state index in [1.165, 1.54) is 37.5 Å². The van der Waals surface area contributed by atoms with Crippen LogP contribution in [0.2, 0.25) is 0 Å². The molecular formula is C15H22FNO. The number of phenolic OH excluding ortho intramolecular Hbond substituents is 1. The molecule has 0 amide bonds. The van der Waals surface area contributed by atoms with Crippen molar-refractivity contribution < 1.29 is 9.50 Å². The third kappa shape index (κ3) is 3.45. The Morgan fingerprint density at radius 2 is 2.22 bits per heavy atom. The minimum absolute atomic E-state index is 0.166. The van der Waals surface area contributed by atoms with E-state index in [1.807, 2.05) is 0 Å². The topological polar surface area (TPSA) is 32.3 Å². The van der Waals surface area contributed by atoms with Gasteiger partial charge in [0.05, 0.1) is 0 Å². The lowest BCUT2D eigenvalue weighted by Gasteiger charge is -2.35. The molecule has 0 aromatic heterocycles. The molecule has 100 valence electrons. The summed E-state index contributed by atoms with van der Waals surface area (Å²) in [7, 11) is 0. The highest BCUT2D eigenvalue weighted by Crippen LogP contribution is 2.35. The van der Waals surface area contributed by atoms with Crippen LogP contribution in [0.4, 0.5) is 4.39 Å². The van der Waals surface area contributed by atoms with E-state index in [-0.39, 0.29) is 11.6 Å². The molecule has 0 aliphatic heterocycles. The molecule has 1 aliphatic rings. The van der Waals surface area contributed by atoms with Crippen molar-refractivity contribution in [2.24, 2.45) is 5.41 Å². The third-order valence-electron chi connectivity index (χ3n) is 3.83. The van der Waals surface area contributed by atoms with Crippen molar-refractivity contribution in [3.63, 3.8) is 0 Å². The lowest BCUT2D eigenvalue weighted by atomic mass is 9.75. The molecule has 1 aromatic rings. The van der Waals surface area contributed by atoms with Crippen molar-refractivity contribution in [3.8, 4) is 5.75 Å². The normalized spacial score (nSPS) is 22.9. The van der Waals surface area contributed by atoms with Crippen LogP contribution in [0.5, 0.6) is 5.75 Å². The Labute approximate surface area is 108 Å². The first kappa shape index (κ1) is 13.3. The van der Waals surface area contributed by atoms with E-state index >= 15 is 0 Å². The first-order valence-electron chi connectivity index (χ1n) is 6.67. The Kier molecular flexibility index (Phi) is 3.91. The minimum Gasteiger partial charge on any atom is -0.508 e. The number of nitrogens with one attached hydrogen (secondary N) is 1. The summed E-state index contributed by atoms with van der Waals surface area (Å²) in [4.78, 5) is 0. The van der Waals surface area contributed by atoms with Gasteiger partial charge in [-0.3, -0.25) is 0 Å². The van der Waals surface area contributed by atoms with Crippen LogP contribution in [0.1, 0.15) is 45.1 Å². The van der Waals surface area contributed by atoms with Gasteiger partial charge in [0.25, 0.3) is 0 Å². The highest BCUT2D eigenvalue weighted by atomic mass is 19.1. The molecule has 3 heteroatoms. The highest BCUT2D eigenvalue weighted by Gasteiger charge is 2.27. The van der Waals surface area contributed by atoms with E-state index in [1.54, 1.807) is 0 Å². The maximum Gasteiger partial charge on any atom is 0.123 e. The van der Waals surface area contributed by atoms with Gasteiger partial charge in [0.15, 0.2) is 0 Å². The van der Waals surface area contributed by atoms with Gasteiger partial charge in [0.1, 0.15) is 11.6 Å². The molecule has 0 spiro atoms. The van der Waals surface area contributed by atoms with Crippen LogP contribution in [0.15, 0.2) is 18.2 Å². The standard InChI is InChI=1S/C15H22FNO/c1-15(2)7-3-4-13(9-15)17-10-11-8-12(16)5-6-14(11)18/h5-6,8,13,17-18H,3-4,7,9-10H2,1-2H3. The lowest BCUT2D eigenvalue weighted by Crippen LogP contribution is -2.36. The summed E-state index contributed by atoms with van der Waals surface area (Å²) >= 11 is 0. The predicted molar refractivity (Wildman–Crippen MR) is 70.9 cm³/mol. The van der Waals surface area contributed by atoms with Crippen molar-refractivity contribution in [1.82, 2.24) is 5.32 Å². The Morgan fingerprint density at radius 1 is 1.44 bits per heavy atom. The molecule has 1 aliphatic carbocycles. The molecule has 0 bridgehead atoms. The number of benzene rings is 1. The Balaban J connectivity index is 1.93. The number of rotatable bonds is 3. The van der Waals surface area contributed by atoms with Crippen LogP contribution in [0, 0.1) is 11.2 Å². The van der Waals surface area contributed by atoms with Gasteiger partial charge in [-0.05, 0) is 42.9 Å². The quantitative estimate of drug-likeness (QED) is 0.860. The van der Waals surface area contributed by atoms with Crippen molar-refractivity contribution in [3.05, 3.63) is 29.6 Å². The average Bonchev–Trinajstić information content (AvgIpc) is 2.29. The SMILES string of the molecule is CC1(C)CCCC(NCc2cc(F)ccc2O)C1. The zero-order valence-electron chi connectivity index (χ0n) is 11.2. The first-order valence-corrected chi connectivity index (χ1v) is 6.67. The number of hydrogen-bond acceptors (Lipinski definition) is 2. The maximum absolute atomic E-state index is 13.1. The molecular weight excluding hydrogens is 229 g/mol. The second-order valence-corrected chi connectivity index (χ2v) is 6.11. The number of phenols is 1. The molecule has 1 aromatic carbocycles. The highest BCUT2D eigenvalue weighted by molar-refractivity contribution is 5.32. The van der Waals surface area contributed by atoms with E-state index in [2.05, 4.69) is 19.2 Å². The lowest BCUT2D eigenvalue weighted by molar-refractivity contribution is 0.197. The fourth-order valence-corrected chi connectivity index (χ4v) is 2.82. The summed E-state index contributed by atoms with van der Waals surface area (Å²) in [5.74, 6) is -0.132. The molecule has 0 saturated heterocycles. The second-order valence-electron chi connectivity index (χ2n) is 6.11. The van der Waals surface area contributed by atoms with Gasteiger partial charge in [-0.15, -0.1) is 0 Å². The van der Waals surface area contributed by atoms with E-state index in [0.29, 0.717) is 23.6 Å². The molecule has 2 nitrogen and oxygen atoms in total.